The Morgan fingerprint density at radius 2 is 0.933 bits per heavy atom. The molecule has 4 nitrogen and oxygen atoms in total. The molecule has 4 heteroatoms. The first-order valence-corrected chi connectivity index (χ1v) is 9.66. The van der Waals surface area contributed by atoms with E-state index in [1.165, 1.54) is 0 Å². The minimum atomic E-state index is 0.814. The van der Waals surface area contributed by atoms with Crippen molar-refractivity contribution in [2.75, 3.05) is 14.2 Å². The number of fused-ring (bicyclic) bond motifs is 1. The van der Waals surface area contributed by atoms with Gasteiger partial charge in [0, 0.05) is 0 Å². The Hall–Kier alpha value is -3.92. The van der Waals surface area contributed by atoms with Gasteiger partial charge in [-0.3, -0.25) is 0 Å². The van der Waals surface area contributed by atoms with E-state index < -0.39 is 0 Å². The number of rotatable bonds is 6. The van der Waals surface area contributed by atoms with E-state index in [4.69, 9.17) is 19.4 Å². The summed E-state index contributed by atoms with van der Waals surface area (Å²) in [6, 6.07) is 23.7. The molecule has 0 aliphatic carbocycles. The molecule has 0 atom stereocenters. The monoisotopic (exact) mass is 394 g/mol. The molecule has 0 N–H and O–H groups in total. The van der Waals surface area contributed by atoms with Crippen molar-refractivity contribution in [3.63, 3.8) is 0 Å². The van der Waals surface area contributed by atoms with Crippen molar-refractivity contribution in [1.29, 1.82) is 0 Å². The normalized spacial score (nSPS) is 11.4. The minimum Gasteiger partial charge on any atom is -0.497 e. The highest BCUT2D eigenvalue weighted by Gasteiger charge is 2.04. The third-order valence-electron chi connectivity index (χ3n) is 4.72. The molecule has 1 aromatic heterocycles. The number of ether oxygens (including phenoxy) is 2. The van der Waals surface area contributed by atoms with Crippen molar-refractivity contribution >= 4 is 35.3 Å². The lowest BCUT2D eigenvalue weighted by molar-refractivity contribution is 0.414. The summed E-state index contributed by atoms with van der Waals surface area (Å²) < 4.78 is 10.4. The van der Waals surface area contributed by atoms with Gasteiger partial charge in [-0.2, -0.15) is 0 Å². The molecule has 0 aliphatic rings. The average Bonchev–Trinajstić information content (AvgIpc) is 2.81. The van der Waals surface area contributed by atoms with Crippen molar-refractivity contribution < 1.29 is 9.47 Å². The predicted octanol–water partition coefficient (Wildman–Crippen LogP) is 5.99. The Kier molecular flexibility index (Phi) is 5.85. The van der Waals surface area contributed by atoms with E-state index in [1.54, 1.807) is 14.2 Å². The minimum absolute atomic E-state index is 0.814. The van der Waals surface area contributed by atoms with Crippen LogP contribution in [0.5, 0.6) is 11.5 Å². The molecular formula is C26H22N2O2. The topological polar surface area (TPSA) is 44.2 Å². The van der Waals surface area contributed by atoms with Crippen molar-refractivity contribution in [3.8, 4) is 11.5 Å². The van der Waals surface area contributed by atoms with E-state index in [0.29, 0.717) is 0 Å². The zero-order chi connectivity index (χ0) is 20.8. The van der Waals surface area contributed by atoms with Gasteiger partial charge in [0.2, 0.25) is 0 Å². The lowest BCUT2D eigenvalue weighted by atomic mass is 10.1. The molecule has 0 bridgehead atoms. The van der Waals surface area contributed by atoms with Gasteiger partial charge in [0.15, 0.2) is 0 Å². The zero-order valence-corrected chi connectivity index (χ0v) is 16.9. The fraction of sp³-hybridized carbons (Fsp3) is 0.0769. The second-order valence-electron chi connectivity index (χ2n) is 6.70. The summed E-state index contributed by atoms with van der Waals surface area (Å²) in [4.78, 5) is 9.64. The van der Waals surface area contributed by atoms with Crippen molar-refractivity contribution in [1.82, 2.24) is 9.97 Å². The zero-order valence-electron chi connectivity index (χ0n) is 16.9. The van der Waals surface area contributed by atoms with Crippen molar-refractivity contribution in [2.45, 2.75) is 0 Å². The maximum atomic E-state index is 5.22. The fourth-order valence-electron chi connectivity index (χ4n) is 3.05. The molecule has 3 aromatic carbocycles. The van der Waals surface area contributed by atoms with E-state index in [-0.39, 0.29) is 0 Å². The Balaban J connectivity index is 1.69. The Morgan fingerprint density at radius 1 is 0.533 bits per heavy atom. The van der Waals surface area contributed by atoms with Gasteiger partial charge < -0.3 is 9.47 Å². The highest BCUT2D eigenvalue weighted by atomic mass is 16.5. The molecule has 148 valence electrons. The van der Waals surface area contributed by atoms with E-state index in [0.717, 1.165) is 45.0 Å². The number of para-hydroxylation sites is 2. The first-order valence-electron chi connectivity index (χ1n) is 9.66. The standard InChI is InChI=1S/C26H22N2O2/c1-29-21-13-7-19(8-14-21)11-17-25-26(28-24-6-4-3-5-23(24)27-25)18-12-20-9-15-22(30-2)16-10-20/h3-18H,1-2H3/b17-11-,18-12+. The smallest absolute Gasteiger partial charge is 0.118 e. The van der Waals surface area contributed by atoms with E-state index in [1.807, 2.05) is 97.1 Å². The van der Waals surface area contributed by atoms with Crippen LogP contribution >= 0.6 is 0 Å². The summed E-state index contributed by atoms with van der Waals surface area (Å²) >= 11 is 0. The predicted molar refractivity (Wildman–Crippen MR) is 123 cm³/mol. The third-order valence-corrected chi connectivity index (χ3v) is 4.72. The average molecular weight is 394 g/mol. The first-order chi connectivity index (χ1) is 14.7. The van der Waals surface area contributed by atoms with Gasteiger partial charge >= 0.3 is 0 Å². The molecular weight excluding hydrogens is 372 g/mol. The van der Waals surface area contributed by atoms with Gasteiger partial charge in [0.25, 0.3) is 0 Å². The number of hydrogen-bond acceptors (Lipinski definition) is 4. The quantitative estimate of drug-likeness (QED) is 0.403. The second-order valence-corrected chi connectivity index (χ2v) is 6.70. The molecule has 0 amide bonds. The van der Waals surface area contributed by atoms with Crippen LogP contribution in [0.1, 0.15) is 22.5 Å². The summed E-state index contributed by atoms with van der Waals surface area (Å²) in [6.07, 6.45) is 8.05. The number of hydrogen-bond donors (Lipinski definition) is 0. The van der Waals surface area contributed by atoms with E-state index in [9.17, 15) is 0 Å². The van der Waals surface area contributed by atoms with Crippen LogP contribution in [0.4, 0.5) is 0 Å². The van der Waals surface area contributed by atoms with Gasteiger partial charge in [0.05, 0.1) is 36.6 Å². The van der Waals surface area contributed by atoms with Crippen LogP contribution in [0.3, 0.4) is 0 Å². The van der Waals surface area contributed by atoms with Gasteiger partial charge in [-0.05, 0) is 59.7 Å². The summed E-state index contributed by atoms with van der Waals surface area (Å²) in [6.45, 7) is 0. The highest BCUT2D eigenvalue weighted by molar-refractivity contribution is 5.82. The summed E-state index contributed by atoms with van der Waals surface area (Å²) in [7, 11) is 3.33. The summed E-state index contributed by atoms with van der Waals surface area (Å²) in [5.41, 5.74) is 5.50. The SMILES string of the molecule is COc1ccc(/C=C\c2nc3ccccc3nc2/C=C/c2ccc(OC)cc2)cc1. The molecule has 0 radical (unpaired) electrons. The number of aromatic nitrogens is 2. The maximum Gasteiger partial charge on any atom is 0.118 e. The maximum absolute atomic E-state index is 5.22. The van der Waals surface area contributed by atoms with Crippen LogP contribution in [-0.2, 0) is 0 Å². The van der Waals surface area contributed by atoms with Crippen LogP contribution in [0.25, 0.3) is 35.3 Å². The molecule has 0 saturated heterocycles. The van der Waals surface area contributed by atoms with E-state index >= 15 is 0 Å². The van der Waals surface area contributed by atoms with Crippen LogP contribution in [0.2, 0.25) is 0 Å². The molecule has 0 spiro atoms. The van der Waals surface area contributed by atoms with Crippen LogP contribution < -0.4 is 9.47 Å². The van der Waals surface area contributed by atoms with Gasteiger partial charge in [0.1, 0.15) is 11.5 Å². The van der Waals surface area contributed by atoms with E-state index in [2.05, 4.69) is 0 Å². The van der Waals surface area contributed by atoms with Crippen LogP contribution in [0, 0.1) is 0 Å². The summed E-state index contributed by atoms with van der Waals surface area (Å²) in [5, 5.41) is 0. The number of benzene rings is 3. The largest absolute Gasteiger partial charge is 0.497 e. The summed E-state index contributed by atoms with van der Waals surface area (Å²) in [5.74, 6) is 1.67. The molecule has 0 aliphatic heterocycles. The molecule has 1 heterocycles. The van der Waals surface area contributed by atoms with Crippen LogP contribution in [0.15, 0.2) is 72.8 Å². The molecule has 4 aromatic rings. The molecule has 0 saturated carbocycles. The first kappa shape index (κ1) is 19.4. The second kappa shape index (κ2) is 9.05. The van der Waals surface area contributed by atoms with Crippen molar-refractivity contribution in [2.24, 2.45) is 0 Å². The van der Waals surface area contributed by atoms with Crippen molar-refractivity contribution in [3.05, 3.63) is 95.3 Å². The van der Waals surface area contributed by atoms with Gasteiger partial charge in [-0.25, -0.2) is 9.97 Å². The number of nitrogens with zero attached hydrogens (tertiary/aromatic N) is 2. The molecule has 4 rings (SSSR count). The lowest BCUT2D eigenvalue weighted by Crippen LogP contribution is -1.93. The lowest BCUT2D eigenvalue weighted by Gasteiger charge is -2.04. The third kappa shape index (κ3) is 4.55. The molecule has 0 unspecified atom stereocenters. The highest BCUT2D eigenvalue weighted by Crippen LogP contribution is 2.20. The van der Waals surface area contributed by atoms with Gasteiger partial charge in [-0.15, -0.1) is 0 Å². The molecule has 0 fully saturated rings. The Bertz CT molecular complexity index is 1100. The Labute approximate surface area is 176 Å². The van der Waals surface area contributed by atoms with Gasteiger partial charge in [-0.1, -0.05) is 48.6 Å². The Morgan fingerprint density at radius 3 is 1.30 bits per heavy atom. The number of methoxy groups -OCH3 is 2. The van der Waals surface area contributed by atoms with Crippen LogP contribution in [-0.4, -0.2) is 24.2 Å². The molecule has 30 heavy (non-hydrogen) atoms. The fourth-order valence-corrected chi connectivity index (χ4v) is 3.05.